The predicted molar refractivity (Wildman–Crippen MR) is 90.6 cm³/mol. The minimum Gasteiger partial charge on any atom is -0.347 e. The lowest BCUT2D eigenvalue weighted by Gasteiger charge is -2.20. The number of carbonyl (C=O) groups is 2. The zero-order chi connectivity index (χ0) is 16.4. The van der Waals surface area contributed by atoms with Gasteiger partial charge in [0.1, 0.15) is 0 Å². The van der Waals surface area contributed by atoms with Gasteiger partial charge in [0.05, 0.1) is 22.8 Å². The lowest BCUT2D eigenvalue weighted by atomic mass is 10.1. The van der Waals surface area contributed by atoms with Crippen molar-refractivity contribution in [1.29, 1.82) is 0 Å². The van der Waals surface area contributed by atoms with E-state index in [0.29, 0.717) is 17.8 Å². The second-order valence-electron chi connectivity index (χ2n) is 5.72. The van der Waals surface area contributed by atoms with Crippen LogP contribution in [0.25, 0.3) is 0 Å². The summed E-state index contributed by atoms with van der Waals surface area (Å²) < 4.78 is 0. The van der Waals surface area contributed by atoms with E-state index >= 15 is 0 Å². The number of thiazole rings is 1. The summed E-state index contributed by atoms with van der Waals surface area (Å²) in [4.78, 5) is 31.5. The molecule has 3 rings (SSSR count). The third-order valence-corrected chi connectivity index (χ3v) is 4.77. The van der Waals surface area contributed by atoms with Crippen LogP contribution in [0.3, 0.4) is 0 Å². The molecule has 1 N–H and O–H groups in total. The van der Waals surface area contributed by atoms with Crippen molar-refractivity contribution in [3.63, 3.8) is 0 Å². The lowest BCUT2D eigenvalue weighted by molar-refractivity contribution is -0.119. The molecule has 0 saturated heterocycles. The van der Waals surface area contributed by atoms with Gasteiger partial charge < -0.3 is 10.2 Å². The van der Waals surface area contributed by atoms with Crippen LogP contribution in [0.5, 0.6) is 0 Å². The Morgan fingerprint density at radius 3 is 2.74 bits per heavy atom. The van der Waals surface area contributed by atoms with Crippen molar-refractivity contribution in [3.05, 3.63) is 45.9 Å². The van der Waals surface area contributed by atoms with Gasteiger partial charge in [0.25, 0.3) is 5.91 Å². The van der Waals surface area contributed by atoms with E-state index in [0.717, 1.165) is 22.7 Å². The fourth-order valence-corrected chi connectivity index (χ4v) is 3.17. The minimum absolute atomic E-state index is 0.0864. The molecule has 2 aromatic rings. The molecule has 0 atom stereocenters. The lowest BCUT2D eigenvalue weighted by Crippen LogP contribution is -2.31. The van der Waals surface area contributed by atoms with Gasteiger partial charge in [-0.05, 0) is 31.9 Å². The van der Waals surface area contributed by atoms with Crippen LogP contribution >= 0.6 is 11.3 Å². The van der Waals surface area contributed by atoms with Crippen molar-refractivity contribution in [2.45, 2.75) is 26.3 Å². The van der Waals surface area contributed by atoms with E-state index in [-0.39, 0.29) is 17.7 Å². The second-order valence-corrected chi connectivity index (χ2v) is 7.04. The molecular formula is C17H19N3O2S. The molecule has 2 amide bonds. The minimum atomic E-state index is -0.179. The van der Waals surface area contributed by atoms with Gasteiger partial charge in [-0.2, -0.15) is 0 Å². The molecule has 1 heterocycles. The van der Waals surface area contributed by atoms with Crippen LogP contribution < -0.4 is 10.2 Å². The molecule has 0 spiro atoms. The molecule has 1 fully saturated rings. The summed E-state index contributed by atoms with van der Waals surface area (Å²) in [6.45, 7) is 2.38. The van der Waals surface area contributed by atoms with Gasteiger partial charge >= 0.3 is 0 Å². The number of nitrogens with one attached hydrogen (secondary N) is 1. The Hall–Kier alpha value is -2.21. The highest BCUT2D eigenvalue weighted by Gasteiger charge is 2.33. The molecule has 1 aliphatic rings. The Labute approximate surface area is 139 Å². The molecule has 1 aromatic carbocycles. The fourth-order valence-electron chi connectivity index (χ4n) is 2.43. The SMILES string of the molecule is Cc1ncc(CNC(=O)c2ccccc2N(C)C(=O)C2CC2)s1. The molecule has 0 aliphatic heterocycles. The molecule has 1 aliphatic carbocycles. The standard InChI is InChI=1S/C17H19N3O2S/c1-11-18-9-13(23-11)10-19-16(21)14-5-3-4-6-15(14)20(2)17(22)12-7-8-12/h3-6,9,12H,7-8,10H2,1-2H3,(H,19,21). The van der Waals surface area contributed by atoms with E-state index in [2.05, 4.69) is 10.3 Å². The Morgan fingerprint density at radius 1 is 1.35 bits per heavy atom. The van der Waals surface area contributed by atoms with E-state index in [1.807, 2.05) is 25.1 Å². The first-order chi connectivity index (χ1) is 11.1. The topological polar surface area (TPSA) is 62.3 Å². The predicted octanol–water partition coefficient (Wildman–Crippen LogP) is 2.75. The number of aryl methyl sites for hydroxylation is 1. The number of para-hydroxylation sites is 1. The maximum atomic E-state index is 12.5. The number of hydrogen-bond donors (Lipinski definition) is 1. The first kappa shape index (κ1) is 15.7. The summed E-state index contributed by atoms with van der Waals surface area (Å²) in [6.07, 6.45) is 3.67. The molecular weight excluding hydrogens is 310 g/mol. The third kappa shape index (κ3) is 3.59. The zero-order valence-electron chi connectivity index (χ0n) is 13.2. The van der Waals surface area contributed by atoms with E-state index < -0.39 is 0 Å². The molecule has 1 saturated carbocycles. The van der Waals surface area contributed by atoms with E-state index in [9.17, 15) is 9.59 Å². The second kappa shape index (κ2) is 6.50. The van der Waals surface area contributed by atoms with Crippen LogP contribution in [-0.2, 0) is 11.3 Å². The first-order valence-corrected chi connectivity index (χ1v) is 8.44. The van der Waals surface area contributed by atoms with Crippen LogP contribution in [0.15, 0.2) is 30.5 Å². The number of anilines is 1. The molecule has 120 valence electrons. The van der Waals surface area contributed by atoms with Crippen LogP contribution in [0, 0.1) is 12.8 Å². The monoisotopic (exact) mass is 329 g/mol. The number of hydrogen-bond acceptors (Lipinski definition) is 4. The van der Waals surface area contributed by atoms with Crippen molar-refractivity contribution in [2.24, 2.45) is 5.92 Å². The van der Waals surface area contributed by atoms with Gasteiger partial charge in [-0.15, -0.1) is 11.3 Å². The summed E-state index contributed by atoms with van der Waals surface area (Å²) >= 11 is 1.56. The molecule has 0 unspecified atom stereocenters. The highest BCUT2D eigenvalue weighted by Crippen LogP contribution is 2.33. The van der Waals surface area contributed by atoms with Gasteiger partial charge in [-0.3, -0.25) is 9.59 Å². The Morgan fingerprint density at radius 2 is 2.09 bits per heavy atom. The van der Waals surface area contributed by atoms with Crippen molar-refractivity contribution in [3.8, 4) is 0 Å². The van der Waals surface area contributed by atoms with Gasteiger partial charge in [0.2, 0.25) is 5.91 Å². The smallest absolute Gasteiger partial charge is 0.253 e. The van der Waals surface area contributed by atoms with E-state index in [4.69, 9.17) is 0 Å². The highest BCUT2D eigenvalue weighted by atomic mass is 32.1. The maximum Gasteiger partial charge on any atom is 0.253 e. The summed E-state index contributed by atoms with van der Waals surface area (Å²) in [5.74, 6) is 0.0294. The largest absolute Gasteiger partial charge is 0.347 e. The van der Waals surface area contributed by atoms with E-state index in [1.165, 1.54) is 0 Å². The quantitative estimate of drug-likeness (QED) is 0.917. The highest BCUT2D eigenvalue weighted by molar-refractivity contribution is 7.11. The molecule has 5 nitrogen and oxygen atoms in total. The van der Waals surface area contributed by atoms with Crippen LogP contribution in [-0.4, -0.2) is 23.8 Å². The molecule has 1 aromatic heterocycles. The summed E-state index contributed by atoms with van der Waals surface area (Å²) in [6, 6.07) is 7.21. The number of aromatic nitrogens is 1. The maximum absolute atomic E-state index is 12.5. The molecule has 23 heavy (non-hydrogen) atoms. The van der Waals surface area contributed by atoms with Crippen LogP contribution in [0.4, 0.5) is 5.69 Å². The van der Waals surface area contributed by atoms with Gasteiger partial charge in [0.15, 0.2) is 0 Å². The average molecular weight is 329 g/mol. The number of rotatable bonds is 5. The third-order valence-electron chi connectivity index (χ3n) is 3.86. The van der Waals surface area contributed by atoms with Crippen molar-refractivity contribution in [1.82, 2.24) is 10.3 Å². The van der Waals surface area contributed by atoms with Crippen molar-refractivity contribution >= 4 is 28.8 Å². The number of nitrogens with zero attached hydrogens (tertiary/aromatic N) is 2. The van der Waals surface area contributed by atoms with Crippen LogP contribution in [0.2, 0.25) is 0 Å². The fraction of sp³-hybridized carbons (Fsp3) is 0.353. The summed E-state index contributed by atoms with van der Waals surface area (Å²) in [5.41, 5.74) is 1.17. The van der Waals surface area contributed by atoms with Crippen molar-refractivity contribution < 1.29 is 9.59 Å². The summed E-state index contributed by atoms with van der Waals surface area (Å²) in [5, 5.41) is 3.88. The zero-order valence-corrected chi connectivity index (χ0v) is 14.0. The van der Waals surface area contributed by atoms with E-state index in [1.54, 1.807) is 35.5 Å². The first-order valence-electron chi connectivity index (χ1n) is 7.62. The van der Waals surface area contributed by atoms with Gasteiger partial charge in [-0.1, -0.05) is 12.1 Å². The summed E-state index contributed by atoms with van der Waals surface area (Å²) in [7, 11) is 1.74. The Bertz CT molecular complexity index is 737. The molecule has 0 bridgehead atoms. The Kier molecular flexibility index (Phi) is 4.43. The molecule has 0 radical (unpaired) electrons. The van der Waals surface area contributed by atoms with Crippen molar-refractivity contribution in [2.75, 3.05) is 11.9 Å². The Balaban J connectivity index is 1.73. The average Bonchev–Trinajstić information content (AvgIpc) is 3.33. The van der Waals surface area contributed by atoms with Crippen LogP contribution in [0.1, 0.15) is 33.1 Å². The van der Waals surface area contributed by atoms with Gasteiger partial charge in [-0.25, -0.2) is 4.98 Å². The number of amides is 2. The van der Waals surface area contributed by atoms with Gasteiger partial charge in [0, 0.05) is 24.0 Å². The number of carbonyl (C=O) groups excluding carboxylic acids is 2. The number of benzene rings is 1. The normalized spacial score (nSPS) is 13.7. The molecule has 6 heteroatoms.